The molecule has 0 spiro atoms. The van der Waals surface area contributed by atoms with Crippen LogP contribution in [-0.2, 0) is 11.3 Å². The first-order valence-electron chi connectivity index (χ1n) is 6.82. The zero-order chi connectivity index (χ0) is 15.1. The molecule has 4 nitrogen and oxygen atoms in total. The number of benzene rings is 1. The fraction of sp³-hybridized carbons (Fsp3) is 0.533. The van der Waals surface area contributed by atoms with Gasteiger partial charge in [-0.1, -0.05) is 13.0 Å². The van der Waals surface area contributed by atoms with Gasteiger partial charge in [0.25, 0.3) is 5.91 Å². The summed E-state index contributed by atoms with van der Waals surface area (Å²) in [6.45, 7) is 5.73. The number of halogens is 1. The van der Waals surface area contributed by atoms with Gasteiger partial charge in [0.2, 0.25) is 0 Å². The number of hydrogen-bond donors (Lipinski definition) is 1. The second-order valence-electron chi connectivity index (χ2n) is 4.93. The van der Waals surface area contributed by atoms with Crippen LogP contribution >= 0.6 is 15.9 Å². The van der Waals surface area contributed by atoms with E-state index in [4.69, 9.17) is 4.74 Å². The molecule has 0 aromatic heterocycles. The number of rotatable bonds is 7. The molecule has 1 unspecified atom stereocenters. The standard InChI is InChI=1S/C15H23BrN2O2/c1-5-8-17-10-12-6-7-14(13(16)9-12)20-11(2)15(19)18(3)4/h6-7,9,11,17H,5,8,10H2,1-4H3. The molecule has 1 N–H and O–H groups in total. The molecule has 1 amide bonds. The van der Waals surface area contributed by atoms with Crippen LogP contribution in [0.5, 0.6) is 5.75 Å². The molecule has 0 aliphatic rings. The first kappa shape index (κ1) is 17.0. The number of carbonyl (C=O) groups excluding carboxylic acids is 1. The van der Waals surface area contributed by atoms with E-state index < -0.39 is 6.10 Å². The molecule has 0 fully saturated rings. The summed E-state index contributed by atoms with van der Waals surface area (Å²) in [4.78, 5) is 13.3. The second-order valence-corrected chi connectivity index (χ2v) is 5.79. The first-order chi connectivity index (χ1) is 9.45. The zero-order valence-electron chi connectivity index (χ0n) is 12.6. The lowest BCUT2D eigenvalue weighted by molar-refractivity contribution is -0.135. The average Bonchev–Trinajstić information content (AvgIpc) is 2.41. The van der Waals surface area contributed by atoms with E-state index in [0.29, 0.717) is 5.75 Å². The molecule has 0 saturated heterocycles. The third kappa shape index (κ3) is 5.13. The topological polar surface area (TPSA) is 41.6 Å². The Bertz CT molecular complexity index is 449. The van der Waals surface area contributed by atoms with Crippen molar-refractivity contribution in [1.82, 2.24) is 10.2 Å². The van der Waals surface area contributed by atoms with Gasteiger partial charge in [-0.05, 0) is 53.5 Å². The van der Waals surface area contributed by atoms with Crippen LogP contribution in [0.25, 0.3) is 0 Å². The summed E-state index contributed by atoms with van der Waals surface area (Å²) in [6, 6.07) is 5.92. The molecule has 1 atom stereocenters. The molecule has 0 aliphatic heterocycles. The summed E-state index contributed by atoms with van der Waals surface area (Å²) in [6.07, 6.45) is 0.623. The van der Waals surface area contributed by atoms with Crippen molar-refractivity contribution in [2.24, 2.45) is 0 Å². The molecule has 0 aliphatic carbocycles. The van der Waals surface area contributed by atoms with E-state index in [1.54, 1.807) is 21.0 Å². The van der Waals surface area contributed by atoms with Crippen molar-refractivity contribution < 1.29 is 9.53 Å². The molecule has 0 heterocycles. The van der Waals surface area contributed by atoms with Crippen molar-refractivity contribution in [2.75, 3.05) is 20.6 Å². The number of carbonyl (C=O) groups is 1. The van der Waals surface area contributed by atoms with Crippen LogP contribution < -0.4 is 10.1 Å². The number of nitrogens with zero attached hydrogens (tertiary/aromatic N) is 1. The number of likely N-dealkylation sites (N-methyl/N-ethyl adjacent to an activating group) is 1. The maximum absolute atomic E-state index is 11.8. The van der Waals surface area contributed by atoms with Gasteiger partial charge in [-0.3, -0.25) is 4.79 Å². The second kappa shape index (κ2) is 8.27. The molecule has 0 radical (unpaired) electrons. The van der Waals surface area contributed by atoms with Gasteiger partial charge in [0, 0.05) is 20.6 Å². The Morgan fingerprint density at radius 1 is 1.45 bits per heavy atom. The summed E-state index contributed by atoms with van der Waals surface area (Å²) in [5.74, 6) is 0.637. The normalized spacial score (nSPS) is 12.1. The number of nitrogens with one attached hydrogen (secondary N) is 1. The minimum atomic E-state index is -0.495. The van der Waals surface area contributed by atoms with E-state index in [0.717, 1.165) is 24.0 Å². The van der Waals surface area contributed by atoms with Crippen LogP contribution in [0.1, 0.15) is 25.8 Å². The van der Waals surface area contributed by atoms with E-state index in [-0.39, 0.29) is 5.91 Å². The Kier molecular flexibility index (Phi) is 7.02. The van der Waals surface area contributed by atoms with Crippen LogP contribution in [0.4, 0.5) is 0 Å². The molecule has 1 aromatic carbocycles. The van der Waals surface area contributed by atoms with Crippen molar-refractivity contribution >= 4 is 21.8 Å². The van der Waals surface area contributed by atoms with Crippen LogP contribution in [0, 0.1) is 0 Å². The summed E-state index contributed by atoms with van der Waals surface area (Å²) in [5, 5.41) is 3.35. The predicted molar refractivity (Wildman–Crippen MR) is 84.9 cm³/mol. The van der Waals surface area contributed by atoms with E-state index >= 15 is 0 Å². The van der Waals surface area contributed by atoms with Gasteiger partial charge < -0.3 is 15.0 Å². The Morgan fingerprint density at radius 3 is 2.70 bits per heavy atom. The van der Waals surface area contributed by atoms with E-state index in [1.165, 1.54) is 10.5 Å². The monoisotopic (exact) mass is 342 g/mol. The van der Waals surface area contributed by atoms with Gasteiger partial charge in [-0.15, -0.1) is 0 Å². The quantitative estimate of drug-likeness (QED) is 0.774. The Hall–Kier alpha value is -1.07. The maximum Gasteiger partial charge on any atom is 0.262 e. The molecule has 0 saturated carbocycles. The highest BCUT2D eigenvalue weighted by molar-refractivity contribution is 9.10. The fourth-order valence-electron chi connectivity index (χ4n) is 1.76. The third-order valence-corrected chi connectivity index (χ3v) is 3.46. The largest absolute Gasteiger partial charge is 0.480 e. The van der Waals surface area contributed by atoms with Crippen LogP contribution in [0.15, 0.2) is 22.7 Å². The minimum Gasteiger partial charge on any atom is -0.480 e. The van der Waals surface area contributed by atoms with Gasteiger partial charge >= 0.3 is 0 Å². The lowest BCUT2D eigenvalue weighted by Crippen LogP contribution is -2.35. The van der Waals surface area contributed by atoms with Gasteiger partial charge in [-0.2, -0.15) is 0 Å². The van der Waals surface area contributed by atoms with E-state index in [1.807, 2.05) is 18.2 Å². The number of ether oxygens (including phenoxy) is 1. The highest BCUT2D eigenvalue weighted by Gasteiger charge is 2.17. The van der Waals surface area contributed by atoms with Crippen LogP contribution in [-0.4, -0.2) is 37.6 Å². The summed E-state index contributed by atoms with van der Waals surface area (Å²) >= 11 is 3.49. The van der Waals surface area contributed by atoms with Gasteiger partial charge in [-0.25, -0.2) is 0 Å². The fourth-order valence-corrected chi connectivity index (χ4v) is 2.28. The Morgan fingerprint density at radius 2 is 2.15 bits per heavy atom. The van der Waals surface area contributed by atoms with Gasteiger partial charge in [0.15, 0.2) is 6.10 Å². The van der Waals surface area contributed by atoms with Crippen molar-refractivity contribution in [3.8, 4) is 5.75 Å². The van der Waals surface area contributed by atoms with Crippen molar-refractivity contribution in [2.45, 2.75) is 32.9 Å². The minimum absolute atomic E-state index is 0.0504. The van der Waals surface area contributed by atoms with Crippen molar-refractivity contribution in [3.63, 3.8) is 0 Å². The Balaban J connectivity index is 2.66. The molecule has 5 heteroatoms. The molecule has 1 rings (SSSR count). The average molecular weight is 343 g/mol. The third-order valence-electron chi connectivity index (χ3n) is 2.84. The SMILES string of the molecule is CCCNCc1ccc(OC(C)C(=O)N(C)C)c(Br)c1. The molecule has 20 heavy (non-hydrogen) atoms. The van der Waals surface area contributed by atoms with E-state index in [2.05, 4.69) is 28.2 Å². The van der Waals surface area contributed by atoms with E-state index in [9.17, 15) is 4.79 Å². The lowest BCUT2D eigenvalue weighted by atomic mass is 10.2. The van der Waals surface area contributed by atoms with Gasteiger partial charge in [0.1, 0.15) is 5.75 Å². The van der Waals surface area contributed by atoms with Crippen molar-refractivity contribution in [1.29, 1.82) is 0 Å². The van der Waals surface area contributed by atoms with Gasteiger partial charge in [0.05, 0.1) is 4.47 Å². The highest BCUT2D eigenvalue weighted by Crippen LogP contribution is 2.27. The summed E-state index contributed by atoms with van der Waals surface area (Å²) in [7, 11) is 3.44. The smallest absolute Gasteiger partial charge is 0.262 e. The molecule has 1 aromatic rings. The zero-order valence-corrected chi connectivity index (χ0v) is 14.2. The molecular weight excluding hydrogens is 320 g/mol. The lowest BCUT2D eigenvalue weighted by Gasteiger charge is -2.19. The summed E-state index contributed by atoms with van der Waals surface area (Å²) < 4.78 is 6.56. The highest BCUT2D eigenvalue weighted by atomic mass is 79.9. The maximum atomic E-state index is 11.8. The molecule has 112 valence electrons. The Labute approximate surface area is 129 Å². The number of hydrogen-bond acceptors (Lipinski definition) is 3. The molecular formula is C15H23BrN2O2. The summed E-state index contributed by atoms with van der Waals surface area (Å²) in [5.41, 5.74) is 1.18. The van der Waals surface area contributed by atoms with Crippen LogP contribution in [0.2, 0.25) is 0 Å². The molecule has 0 bridgehead atoms. The number of amides is 1. The van der Waals surface area contributed by atoms with Crippen LogP contribution in [0.3, 0.4) is 0 Å². The first-order valence-corrected chi connectivity index (χ1v) is 7.62. The predicted octanol–water partition coefficient (Wildman–Crippen LogP) is 2.80. The van der Waals surface area contributed by atoms with Crippen molar-refractivity contribution in [3.05, 3.63) is 28.2 Å².